The van der Waals surface area contributed by atoms with Gasteiger partial charge in [0.15, 0.2) is 0 Å². The summed E-state index contributed by atoms with van der Waals surface area (Å²) >= 11 is 0. The second-order valence-corrected chi connectivity index (χ2v) is 6.19. The van der Waals surface area contributed by atoms with Gasteiger partial charge in [-0.25, -0.2) is 4.98 Å². The van der Waals surface area contributed by atoms with Crippen LogP contribution < -0.4 is 10.6 Å². The van der Waals surface area contributed by atoms with Gasteiger partial charge in [-0.05, 0) is 48.4 Å². The molecule has 1 heterocycles. The highest BCUT2D eigenvalue weighted by molar-refractivity contribution is 5.94. The lowest BCUT2D eigenvalue weighted by atomic mass is 10.0. The van der Waals surface area contributed by atoms with Gasteiger partial charge < -0.3 is 10.6 Å². The molecule has 0 unspecified atom stereocenters. The molecule has 1 aromatic carbocycles. The smallest absolute Gasteiger partial charge is 0.253 e. The Bertz CT molecular complexity index is 684. The Balaban J connectivity index is 1.44. The SMILES string of the molecule is C=CCNC(=O)c1ccc(NCCC2Cc3ccccc3C2)nc1. The van der Waals surface area contributed by atoms with Crippen LogP contribution >= 0.6 is 0 Å². The van der Waals surface area contributed by atoms with E-state index < -0.39 is 0 Å². The lowest BCUT2D eigenvalue weighted by molar-refractivity contribution is 0.0957. The standard InChI is InChI=1S/C20H23N3O/c1-2-10-22-20(24)18-7-8-19(23-14-18)21-11-9-15-12-16-5-3-4-6-17(16)13-15/h2-8,14-15H,1,9-13H2,(H,21,23)(H,22,24). The van der Waals surface area contributed by atoms with Crippen LogP contribution in [0.25, 0.3) is 0 Å². The number of aromatic nitrogens is 1. The van der Waals surface area contributed by atoms with E-state index in [2.05, 4.69) is 46.5 Å². The largest absolute Gasteiger partial charge is 0.370 e. The van der Waals surface area contributed by atoms with Crippen molar-refractivity contribution in [3.8, 4) is 0 Å². The zero-order valence-electron chi connectivity index (χ0n) is 13.8. The van der Waals surface area contributed by atoms with Crippen LogP contribution in [0, 0.1) is 5.92 Å². The van der Waals surface area contributed by atoms with Crippen molar-refractivity contribution < 1.29 is 4.79 Å². The van der Waals surface area contributed by atoms with Gasteiger partial charge in [-0.3, -0.25) is 4.79 Å². The van der Waals surface area contributed by atoms with Crippen LogP contribution in [-0.2, 0) is 12.8 Å². The van der Waals surface area contributed by atoms with Crippen molar-refractivity contribution in [2.24, 2.45) is 5.92 Å². The van der Waals surface area contributed by atoms with Crippen LogP contribution in [-0.4, -0.2) is 24.0 Å². The Kier molecular flexibility index (Phi) is 5.26. The molecule has 1 amide bonds. The normalized spacial score (nSPS) is 13.3. The Labute approximate surface area is 143 Å². The van der Waals surface area contributed by atoms with Crippen LogP contribution in [0.15, 0.2) is 55.3 Å². The topological polar surface area (TPSA) is 54.0 Å². The summed E-state index contributed by atoms with van der Waals surface area (Å²) in [7, 11) is 0. The van der Waals surface area contributed by atoms with E-state index in [1.807, 2.05) is 6.07 Å². The summed E-state index contributed by atoms with van der Waals surface area (Å²) in [5.41, 5.74) is 3.56. The van der Waals surface area contributed by atoms with Crippen molar-refractivity contribution in [3.05, 3.63) is 71.9 Å². The monoisotopic (exact) mass is 321 g/mol. The van der Waals surface area contributed by atoms with Crippen LogP contribution in [0.3, 0.4) is 0 Å². The molecule has 0 bridgehead atoms. The maximum absolute atomic E-state index is 11.8. The Hall–Kier alpha value is -2.62. The van der Waals surface area contributed by atoms with Gasteiger partial charge in [0.05, 0.1) is 5.56 Å². The molecular weight excluding hydrogens is 298 g/mol. The van der Waals surface area contributed by atoms with Gasteiger partial charge in [0.1, 0.15) is 5.82 Å². The van der Waals surface area contributed by atoms with E-state index in [1.54, 1.807) is 18.3 Å². The molecular formula is C20H23N3O. The van der Waals surface area contributed by atoms with E-state index >= 15 is 0 Å². The van der Waals surface area contributed by atoms with Gasteiger partial charge >= 0.3 is 0 Å². The number of nitrogens with one attached hydrogen (secondary N) is 2. The number of anilines is 1. The number of carbonyl (C=O) groups is 1. The van der Waals surface area contributed by atoms with Crippen molar-refractivity contribution in [2.75, 3.05) is 18.4 Å². The molecule has 2 N–H and O–H groups in total. The average molecular weight is 321 g/mol. The summed E-state index contributed by atoms with van der Waals surface area (Å²) in [4.78, 5) is 16.1. The zero-order chi connectivity index (χ0) is 16.8. The second kappa shape index (κ2) is 7.77. The minimum absolute atomic E-state index is 0.127. The fourth-order valence-corrected chi connectivity index (χ4v) is 3.16. The maximum atomic E-state index is 11.8. The summed E-state index contributed by atoms with van der Waals surface area (Å²) in [5, 5.41) is 6.09. The Morgan fingerprint density at radius 1 is 1.21 bits per heavy atom. The number of hydrogen-bond donors (Lipinski definition) is 2. The molecule has 0 aliphatic heterocycles. The number of amides is 1. The first kappa shape index (κ1) is 16.2. The van der Waals surface area contributed by atoms with E-state index in [1.165, 1.54) is 24.0 Å². The first-order valence-corrected chi connectivity index (χ1v) is 8.42. The van der Waals surface area contributed by atoms with Gasteiger partial charge in [0.25, 0.3) is 5.91 Å². The molecule has 1 aromatic heterocycles. The molecule has 1 aliphatic carbocycles. The van der Waals surface area contributed by atoms with E-state index in [4.69, 9.17) is 0 Å². The van der Waals surface area contributed by atoms with Crippen LogP contribution in [0.4, 0.5) is 5.82 Å². The molecule has 0 fully saturated rings. The summed E-state index contributed by atoms with van der Waals surface area (Å²) < 4.78 is 0. The molecule has 0 atom stereocenters. The molecule has 4 nitrogen and oxygen atoms in total. The lowest BCUT2D eigenvalue weighted by Gasteiger charge is -2.10. The molecule has 0 spiro atoms. The van der Waals surface area contributed by atoms with Gasteiger partial charge in [-0.2, -0.15) is 0 Å². The third-order valence-corrected chi connectivity index (χ3v) is 4.43. The number of carbonyl (C=O) groups excluding carboxylic acids is 1. The fourth-order valence-electron chi connectivity index (χ4n) is 3.16. The summed E-state index contributed by atoms with van der Waals surface area (Å²) in [6.45, 7) is 4.94. The van der Waals surface area contributed by atoms with Gasteiger partial charge in [0, 0.05) is 19.3 Å². The van der Waals surface area contributed by atoms with Crippen LogP contribution in [0.5, 0.6) is 0 Å². The molecule has 4 heteroatoms. The highest BCUT2D eigenvalue weighted by Crippen LogP contribution is 2.28. The number of benzene rings is 1. The summed E-state index contributed by atoms with van der Waals surface area (Å²) in [6.07, 6.45) is 6.73. The van der Waals surface area contributed by atoms with Gasteiger partial charge in [-0.15, -0.1) is 6.58 Å². The predicted octanol–water partition coefficient (Wildman–Crippen LogP) is 3.21. The van der Waals surface area contributed by atoms with Crippen molar-refractivity contribution in [1.82, 2.24) is 10.3 Å². The number of fused-ring (bicyclic) bond motifs is 1. The van der Waals surface area contributed by atoms with Crippen LogP contribution in [0.2, 0.25) is 0 Å². The first-order chi connectivity index (χ1) is 11.8. The molecule has 3 rings (SSSR count). The van der Waals surface area contributed by atoms with E-state index in [9.17, 15) is 4.79 Å². The number of pyridine rings is 1. The van der Waals surface area contributed by atoms with E-state index in [0.717, 1.165) is 18.8 Å². The molecule has 124 valence electrons. The van der Waals surface area contributed by atoms with E-state index in [-0.39, 0.29) is 5.91 Å². The molecule has 0 radical (unpaired) electrons. The average Bonchev–Trinajstić information content (AvgIpc) is 3.03. The number of hydrogen-bond acceptors (Lipinski definition) is 3. The number of rotatable bonds is 7. The highest BCUT2D eigenvalue weighted by atomic mass is 16.1. The zero-order valence-corrected chi connectivity index (χ0v) is 13.8. The highest BCUT2D eigenvalue weighted by Gasteiger charge is 2.20. The third kappa shape index (κ3) is 4.02. The predicted molar refractivity (Wildman–Crippen MR) is 97.2 cm³/mol. The van der Waals surface area contributed by atoms with Crippen molar-refractivity contribution in [1.29, 1.82) is 0 Å². The van der Waals surface area contributed by atoms with Gasteiger partial charge in [-0.1, -0.05) is 30.3 Å². The second-order valence-electron chi connectivity index (χ2n) is 6.19. The fraction of sp³-hybridized carbons (Fsp3) is 0.300. The van der Waals surface area contributed by atoms with Crippen molar-refractivity contribution in [3.63, 3.8) is 0 Å². The van der Waals surface area contributed by atoms with Crippen molar-refractivity contribution >= 4 is 11.7 Å². The van der Waals surface area contributed by atoms with Crippen molar-refractivity contribution in [2.45, 2.75) is 19.3 Å². The van der Waals surface area contributed by atoms with E-state index in [0.29, 0.717) is 18.0 Å². The quantitative estimate of drug-likeness (QED) is 0.770. The first-order valence-electron chi connectivity index (χ1n) is 8.42. The van der Waals surface area contributed by atoms with Gasteiger partial charge in [0.2, 0.25) is 0 Å². The summed E-state index contributed by atoms with van der Waals surface area (Å²) in [5.74, 6) is 1.39. The summed E-state index contributed by atoms with van der Waals surface area (Å²) in [6, 6.07) is 12.4. The Morgan fingerprint density at radius 2 is 1.96 bits per heavy atom. The molecule has 1 aliphatic rings. The molecule has 0 saturated carbocycles. The molecule has 24 heavy (non-hydrogen) atoms. The third-order valence-electron chi connectivity index (χ3n) is 4.43. The van der Waals surface area contributed by atoms with Crippen LogP contribution in [0.1, 0.15) is 27.9 Å². The maximum Gasteiger partial charge on any atom is 0.253 e. The minimum atomic E-state index is -0.127. The minimum Gasteiger partial charge on any atom is -0.370 e. The molecule has 2 aromatic rings. The number of nitrogens with zero attached hydrogens (tertiary/aromatic N) is 1. The Morgan fingerprint density at radius 3 is 2.58 bits per heavy atom. The lowest BCUT2D eigenvalue weighted by Crippen LogP contribution is -2.23. The molecule has 0 saturated heterocycles.